The normalized spacial score (nSPS) is 19.9. The van der Waals surface area contributed by atoms with Crippen molar-refractivity contribution >= 4 is 0 Å². The van der Waals surface area contributed by atoms with Crippen molar-refractivity contribution in [2.75, 3.05) is 52.9 Å². The zero-order chi connectivity index (χ0) is 15.0. The first-order valence-electron chi connectivity index (χ1n) is 8.69. The Morgan fingerprint density at radius 2 is 1.40 bits per heavy atom. The highest BCUT2D eigenvalue weighted by Gasteiger charge is 2.17. The number of rotatable bonds is 9. The standard InChI is InChI=1S/C17H37N3/c1-6-7-10-19-12-14-20(15-13-19)11-8-9-18(5)17(4)16(2)3/h16-17H,6-15H2,1-5H3. The van der Waals surface area contributed by atoms with Gasteiger partial charge in [0.25, 0.3) is 0 Å². The summed E-state index contributed by atoms with van der Waals surface area (Å²) in [6.45, 7) is 18.2. The maximum Gasteiger partial charge on any atom is 0.0110 e. The predicted molar refractivity (Wildman–Crippen MR) is 89.3 cm³/mol. The lowest BCUT2D eigenvalue weighted by Crippen LogP contribution is -2.47. The molecule has 0 amide bonds. The molecule has 0 spiro atoms. The lowest BCUT2D eigenvalue weighted by atomic mass is 10.1. The van der Waals surface area contributed by atoms with Crippen LogP contribution in [0.25, 0.3) is 0 Å². The van der Waals surface area contributed by atoms with E-state index in [1.807, 2.05) is 0 Å². The van der Waals surface area contributed by atoms with E-state index in [0.717, 1.165) is 5.92 Å². The van der Waals surface area contributed by atoms with Gasteiger partial charge in [-0.1, -0.05) is 27.2 Å². The van der Waals surface area contributed by atoms with Crippen LogP contribution in [0.15, 0.2) is 0 Å². The van der Waals surface area contributed by atoms with Gasteiger partial charge >= 0.3 is 0 Å². The second-order valence-corrected chi connectivity index (χ2v) is 6.86. The Hall–Kier alpha value is -0.120. The molecule has 0 saturated carbocycles. The van der Waals surface area contributed by atoms with Crippen LogP contribution in [-0.4, -0.2) is 73.6 Å². The summed E-state index contributed by atoms with van der Waals surface area (Å²) in [5, 5.41) is 0. The van der Waals surface area contributed by atoms with E-state index in [0.29, 0.717) is 6.04 Å². The van der Waals surface area contributed by atoms with Gasteiger partial charge in [0.15, 0.2) is 0 Å². The quantitative estimate of drug-likeness (QED) is 0.644. The third-order valence-corrected chi connectivity index (χ3v) is 4.94. The van der Waals surface area contributed by atoms with Crippen LogP contribution in [0.1, 0.15) is 47.0 Å². The van der Waals surface area contributed by atoms with E-state index in [9.17, 15) is 0 Å². The fraction of sp³-hybridized carbons (Fsp3) is 1.00. The molecule has 1 aliphatic rings. The third kappa shape index (κ3) is 6.55. The van der Waals surface area contributed by atoms with Crippen molar-refractivity contribution in [2.45, 2.75) is 53.0 Å². The second-order valence-electron chi connectivity index (χ2n) is 6.86. The molecule has 0 aromatic carbocycles. The predicted octanol–water partition coefficient (Wildman–Crippen LogP) is 2.77. The summed E-state index contributed by atoms with van der Waals surface area (Å²) in [6, 6.07) is 0.695. The van der Waals surface area contributed by atoms with Crippen molar-refractivity contribution in [1.29, 1.82) is 0 Å². The molecule has 20 heavy (non-hydrogen) atoms. The molecule has 1 heterocycles. The minimum Gasteiger partial charge on any atom is -0.303 e. The van der Waals surface area contributed by atoms with Crippen molar-refractivity contribution < 1.29 is 0 Å². The fourth-order valence-electron chi connectivity index (χ4n) is 2.87. The van der Waals surface area contributed by atoms with Crippen LogP contribution < -0.4 is 0 Å². The molecule has 0 aliphatic carbocycles. The van der Waals surface area contributed by atoms with Crippen LogP contribution in [0.2, 0.25) is 0 Å². The first-order chi connectivity index (χ1) is 9.54. The Morgan fingerprint density at radius 1 is 0.900 bits per heavy atom. The molecule has 1 aliphatic heterocycles. The molecule has 3 nitrogen and oxygen atoms in total. The lowest BCUT2D eigenvalue weighted by Gasteiger charge is -2.35. The third-order valence-electron chi connectivity index (χ3n) is 4.94. The largest absolute Gasteiger partial charge is 0.303 e. The van der Waals surface area contributed by atoms with Gasteiger partial charge < -0.3 is 14.7 Å². The Bertz CT molecular complexity index is 234. The molecule has 0 bridgehead atoms. The fourth-order valence-corrected chi connectivity index (χ4v) is 2.87. The summed E-state index contributed by atoms with van der Waals surface area (Å²) in [6.07, 6.45) is 3.99. The summed E-state index contributed by atoms with van der Waals surface area (Å²) < 4.78 is 0. The van der Waals surface area contributed by atoms with Crippen molar-refractivity contribution in [1.82, 2.24) is 14.7 Å². The summed E-state index contributed by atoms with van der Waals surface area (Å²) >= 11 is 0. The average Bonchev–Trinajstić information content (AvgIpc) is 2.45. The van der Waals surface area contributed by atoms with Crippen LogP contribution in [0.3, 0.4) is 0 Å². The highest BCUT2D eigenvalue weighted by Crippen LogP contribution is 2.09. The van der Waals surface area contributed by atoms with Gasteiger partial charge in [-0.05, 0) is 52.4 Å². The van der Waals surface area contributed by atoms with Crippen LogP contribution in [0.4, 0.5) is 0 Å². The van der Waals surface area contributed by atoms with E-state index >= 15 is 0 Å². The SMILES string of the molecule is CCCCN1CCN(CCCN(C)C(C)C(C)C)CC1. The average molecular weight is 284 g/mol. The molecule has 1 fully saturated rings. The first-order valence-corrected chi connectivity index (χ1v) is 8.69. The van der Waals surface area contributed by atoms with E-state index in [-0.39, 0.29) is 0 Å². The molecule has 1 atom stereocenters. The number of hydrogen-bond donors (Lipinski definition) is 0. The molecular formula is C17H37N3. The first kappa shape index (κ1) is 17.9. The zero-order valence-corrected chi connectivity index (χ0v) is 14.6. The van der Waals surface area contributed by atoms with Crippen LogP contribution >= 0.6 is 0 Å². The Kier molecular flexibility index (Phi) is 8.74. The maximum atomic E-state index is 2.65. The molecule has 120 valence electrons. The molecule has 0 N–H and O–H groups in total. The van der Waals surface area contributed by atoms with E-state index in [2.05, 4.69) is 49.4 Å². The highest BCUT2D eigenvalue weighted by molar-refractivity contribution is 4.73. The topological polar surface area (TPSA) is 9.72 Å². The van der Waals surface area contributed by atoms with Crippen molar-refractivity contribution in [2.24, 2.45) is 5.92 Å². The van der Waals surface area contributed by atoms with E-state index in [1.165, 1.54) is 65.1 Å². The van der Waals surface area contributed by atoms with Gasteiger partial charge in [0, 0.05) is 32.2 Å². The van der Waals surface area contributed by atoms with E-state index in [4.69, 9.17) is 0 Å². The molecular weight excluding hydrogens is 246 g/mol. The lowest BCUT2D eigenvalue weighted by molar-refractivity contribution is 0.122. The zero-order valence-electron chi connectivity index (χ0n) is 14.6. The van der Waals surface area contributed by atoms with Crippen molar-refractivity contribution in [3.8, 4) is 0 Å². The monoisotopic (exact) mass is 283 g/mol. The molecule has 3 heteroatoms. The van der Waals surface area contributed by atoms with Crippen LogP contribution in [0.5, 0.6) is 0 Å². The Morgan fingerprint density at radius 3 is 1.85 bits per heavy atom. The summed E-state index contributed by atoms with van der Waals surface area (Å²) in [5.41, 5.74) is 0. The maximum absolute atomic E-state index is 2.65. The van der Waals surface area contributed by atoms with Crippen molar-refractivity contribution in [3.05, 3.63) is 0 Å². The summed E-state index contributed by atoms with van der Waals surface area (Å²) in [5.74, 6) is 0.752. The van der Waals surface area contributed by atoms with E-state index < -0.39 is 0 Å². The number of nitrogens with zero attached hydrogens (tertiary/aromatic N) is 3. The Labute approximate surface area is 127 Å². The van der Waals surface area contributed by atoms with Gasteiger partial charge in [-0.3, -0.25) is 0 Å². The Balaban J connectivity index is 2.09. The van der Waals surface area contributed by atoms with Crippen LogP contribution in [0, 0.1) is 5.92 Å². The van der Waals surface area contributed by atoms with Gasteiger partial charge in [-0.15, -0.1) is 0 Å². The second kappa shape index (κ2) is 9.75. The smallest absolute Gasteiger partial charge is 0.0110 e. The highest BCUT2D eigenvalue weighted by atomic mass is 15.3. The van der Waals surface area contributed by atoms with Crippen LogP contribution in [-0.2, 0) is 0 Å². The minimum absolute atomic E-state index is 0.695. The van der Waals surface area contributed by atoms with Gasteiger partial charge in [0.2, 0.25) is 0 Å². The number of unbranched alkanes of at least 4 members (excludes halogenated alkanes) is 1. The van der Waals surface area contributed by atoms with Gasteiger partial charge in [0.1, 0.15) is 0 Å². The molecule has 0 aromatic heterocycles. The minimum atomic E-state index is 0.695. The number of piperazine rings is 1. The van der Waals surface area contributed by atoms with Crippen molar-refractivity contribution in [3.63, 3.8) is 0 Å². The molecule has 1 rings (SSSR count). The van der Waals surface area contributed by atoms with E-state index in [1.54, 1.807) is 0 Å². The van der Waals surface area contributed by atoms with Gasteiger partial charge in [-0.2, -0.15) is 0 Å². The number of hydrogen-bond acceptors (Lipinski definition) is 3. The van der Waals surface area contributed by atoms with Gasteiger partial charge in [0.05, 0.1) is 0 Å². The summed E-state index contributed by atoms with van der Waals surface area (Å²) in [7, 11) is 2.27. The molecule has 1 unspecified atom stereocenters. The summed E-state index contributed by atoms with van der Waals surface area (Å²) in [4.78, 5) is 7.80. The molecule has 0 radical (unpaired) electrons. The van der Waals surface area contributed by atoms with Gasteiger partial charge in [-0.25, -0.2) is 0 Å². The molecule has 1 saturated heterocycles. The molecule has 0 aromatic rings.